The summed E-state index contributed by atoms with van der Waals surface area (Å²) in [4.78, 5) is 28.9. The van der Waals surface area contributed by atoms with Gasteiger partial charge < -0.3 is 24.0 Å². The fourth-order valence-electron chi connectivity index (χ4n) is 4.16. The third-order valence-corrected chi connectivity index (χ3v) is 6.02. The zero-order valence-corrected chi connectivity index (χ0v) is 18.5. The molecule has 1 aromatic carbocycles. The van der Waals surface area contributed by atoms with Crippen LogP contribution in [0.4, 0.5) is 0 Å². The number of hydrogen-bond donors (Lipinski definition) is 0. The number of carbonyl (C=O) groups is 2. The van der Waals surface area contributed by atoms with Gasteiger partial charge in [0.05, 0.1) is 29.9 Å². The Hall–Kier alpha value is -2.63. The molecule has 0 radical (unpaired) electrons. The number of methoxy groups -OCH3 is 1. The molecule has 31 heavy (non-hydrogen) atoms. The lowest BCUT2D eigenvalue weighted by Crippen LogP contribution is -2.47. The third kappa shape index (κ3) is 5.54. The van der Waals surface area contributed by atoms with Crippen molar-refractivity contribution in [1.29, 1.82) is 5.26 Å². The standard InChI is InChI=1S/C23H31N3O5/c1-25-12-5-8-21(27)26(2)15-20-19(29-3)10-9-17(31-20)11-13-30-22-16(14-24)6-4-7-18(22)23(25)28/h4,6-7,17,19-20H,5,8-13,15H2,1-3H3/t17-,19+,20+/m1/s1. The van der Waals surface area contributed by atoms with Crippen molar-refractivity contribution in [3.05, 3.63) is 29.3 Å². The van der Waals surface area contributed by atoms with Gasteiger partial charge in [-0.05, 0) is 31.4 Å². The maximum Gasteiger partial charge on any atom is 0.257 e. The summed E-state index contributed by atoms with van der Waals surface area (Å²) in [5.74, 6) is 0.104. The molecule has 3 atom stereocenters. The molecule has 8 heteroatoms. The molecule has 0 aromatic heterocycles. The number of rotatable bonds is 1. The average Bonchev–Trinajstić information content (AvgIpc) is 2.78. The monoisotopic (exact) mass is 429 g/mol. The molecule has 0 unspecified atom stereocenters. The molecule has 1 saturated heterocycles. The minimum atomic E-state index is -0.225. The van der Waals surface area contributed by atoms with Crippen molar-refractivity contribution in [3.63, 3.8) is 0 Å². The molecule has 2 aliphatic heterocycles. The second-order valence-electron chi connectivity index (χ2n) is 8.18. The maximum atomic E-state index is 13.0. The van der Waals surface area contributed by atoms with E-state index in [9.17, 15) is 14.9 Å². The van der Waals surface area contributed by atoms with E-state index in [0.717, 1.165) is 12.8 Å². The van der Waals surface area contributed by atoms with Crippen LogP contribution in [0.2, 0.25) is 0 Å². The van der Waals surface area contributed by atoms with Crippen molar-refractivity contribution in [2.45, 2.75) is 50.4 Å². The zero-order chi connectivity index (χ0) is 22.4. The number of amides is 2. The van der Waals surface area contributed by atoms with Crippen LogP contribution in [0.25, 0.3) is 0 Å². The van der Waals surface area contributed by atoms with E-state index in [4.69, 9.17) is 14.2 Å². The number of nitrogens with zero attached hydrogens (tertiary/aromatic N) is 3. The number of benzene rings is 1. The van der Waals surface area contributed by atoms with Gasteiger partial charge in [0.2, 0.25) is 5.91 Å². The first-order chi connectivity index (χ1) is 14.9. The van der Waals surface area contributed by atoms with Crippen LogP contribution in [0.1, 0.15) is 48.0 Å². The van der Waals surface area contributed by atoms with E-state index in [1.165, 1.54) is 0 Å². The highest BCUT2D eigenvalue weighted by Crippen LogP contribution is 2.28. The average molecular weight is 430 g/mol. The van der Waals surface area contributed by atoms with Crippen molar-refractivity contribution >= 4 is 11.8 Å². The number of hydrogen-bond acceptors (Lipinski definition) is 6. The van der Waals surface area contributed by atoms with E-state index in [1.54, 1.807) is 49.2 Å². The number of ether oxygens (including phenoxy) is 3. The molecule has 0 spiro atoms. The van der Waals surface area contributed by atoms with Crippen molar-refractivity contribution in [3.8, 4) is 11.8 Å². The number of para-hydroxylation sites is 1. The van der Waals surface area contributed by atoms with Crippen LogP contribution in [0.15, 0.2) is 18.2 Å². The lowest BCUT2D eigenvalue weighted by molar-refractivity contribution is -0.150. The summed E-state index contributed by atoms with van der Waals surface area (Å²) in [5, 5.41) is 9.50. The Morgan fingerprint density at radius 2 is 1.97 bits per heavy atom. The van der Waals surface area contributed by atoms with Crippen molar-refractivity contribution in [2.24, 2.45) is 0 Å². The molecular formula is C23H31N3O5. The molecule has 1 fully saturated rings. The molecule has 8 nitrogen and oxygen atoms in total. The van der Waals surface area contributed by atoms with Gasteiger partial charge in [-0.1, -0.05) is 6.07 Å². The van der Waals surface area contributed by atoms with Gasteiger partial charge in [-0.15, -0.1) is 0 Å². The van der Waals surface area contributed by atoms with E-state index in [0.29, 0.717) is 55.8 Å². The minimum Gasteiger partial charge on any atom is -0.491 e. The van der Waals surface area contributed by atoms with Crippen molar-refractivity contribution < 1.29 is 23.8 Å². The molecule has 0 N–H and O–H groups in total. The Bertz CT molecular complexity index is 837. The maximum absolute atomic E-state index is 13.0. The van der Waals surface area contributed by atoms with Crippen LogP contribution in [-0.2, 0) is 14.3 Å². The Morgan fingerprint density at radius 1 is 1.16 bits per heavy atom. The van der Waals surface area contributed by atoms with E-state index in [2.05, 4.69) is 6.07 Å². The van der Waals surface area contributed by atoms with Crippen LogP contribution >= 0.6 is 0 Å². The van der Waals surface area contributed by atoms with Gasteiger partial charge in [-0.3, -0.25) is 9.59 Å². The summed E-state index contributed by atoms with van der Waals surface area (Å²) in [6.45, 7) is 1.22. The molecule has 168 valence electrons. The smallest absolute Gasteiger partial charge is 0.257 e. The summed E-state index contributed by atoms with van der Waals surface area (Å²) < 4.78 is 17.8. The normalized spacial score (nSPS) is 26.1. The number of fused-ring (bicyclic) bond motifs is 3. The van der Waals surface area contributed by atoms with Gasteiger partial charge in [0, 0.05) is 47.1 Å². The zero-order valence-electron chi connectivity index (χ0n) is 18.5. The lowest BCUT2D eigenvalue weighted by Gasteiger charge is -2.37. The van der Waals surface area contributed by atoms with Crippen LogP contribution < -0.4 is 4.74 Å². The molecule has 0 aliphatic carbocycles. The topological polar surface area (TPSA) is 92.1 Å². The Morgan fingerprint density at radius 3 is 2.71 bits per heavy atom. The Kier molecular flexibility index (Phi) is 7.88. The number of carbonyl (C=O) groups excluding carboxylic acids is 2. The highest BCUT2D eigenvalue weighted by Gasteiger charge is 2.33. The molecule has 2 aliphatic rings. The van der Waals surface area contributed by atoms with E-state index >= 15 is 0 Å². The van der Waals surface area contributed by atoms with Gasteiger partial charge in [-0.25, -0.2) is 0 Å². The SMILES string of the molecule is CO[C@H]1CC[C@@H]2CCOc3c(C#N)cccc3C(=O)N(C)CCCC(=O)N(C)C[C@@H]1O2. The largest absolute Gasteiger partial charge is 0.491 e. The highest BCUT2D eigenvalue weighted by molar-refractivity contribution is 5.97. The second-order valence-corrected chi connectivity index (χ2v) is 8.18. The van der Waals surface area contributed by atoms with Crippen LogP contribution in [0.3, 0.4) is 0 Å². The predicted octanol–water partition coefficient (Wildman–Crippen LogP) is 2.21. The first kappa shape index (κ1) is 23.0. The van der Waals surface area contributed by atoms with Gasteiger partial charge in [0.15, 0.2) is 0 Å². The molecule has 2 amide bonds. The molecular weight excluding hydrogens is 398 g/mol. The first-order valence-corrected chi connectivity index (χ1v) is 10.8. The van der Waals surface area contributed by atoms with Gasteiger partial charge in [0.25, 0.3) is 5.91 Å². The Labute approximate surface area is 183 Å². The highest BCUT2D eigenvalue weighted by atomic mass is 16.5. The fourth-order valence-corrected chi connectivity index (χ4v) is 4.16. The third-order valence-electron chi connectivity index (χ3n) is 6.02. The summed E-state index contributed by atoms with van der Waals surface area (Å²) in [7, 11) is 5.15. The number of likely N-dealkylation sites (N-methyl/N-ethyl adjacent to an activating group) is 1. The first-order valence-electron chi connectivity index (χ1n) is 10.8. The van der Waals surface area contributed by atoms with E-state index < -0.39 is 0 Å². The molecule has 2 bridgehead atoms. The van der Waals surface area contributed by atoms with Gasteiger partial charge in [-0.2, -0.15) is 5.26 Å². The second kappa shape index (κ2) is 10.6. The minimum absolute atomic E-state index is 0.0176. The number of nitriles is 1. The summed E-state index contributed by atoms with van der Waals surface area (Å²) in [5.41, 5.74) is 0.693. The van der Waals surface area contributed by atoms with Crippen molar-refractivity contribution in [1.82, 2.24) is 9.80 Å². The molecule has 3 rings (SSSR count). The predicted molar refractivity (Wildman–Crippen MR) is 114 cm³/mol. The van der Waals surface area contributed by atoms with Crippen LogP contribution in [-0.4, -0.2) is 80.8 Å². The molecule has 2 heterocycles. The van der Waals surface area contributed by atoms with Crippen LogP contribution in [0, 0.1) is 11.3 Å². The van der Waals surface area contributed by atoms with Crippen LogP contribution in [0.5, 0.6) is 5.75 Å². The van der Waals surface area contributed by atoms with E-state index in [1.807, 2.05) is 0 Å². The van der Waals surface area contributed by atoms with E-state index in [-0.39, 0.29) is 30.1 Å². The van der Waals surface area contributed by atoms with Crippen molar-refractivity contribution in [2.75, 3.05) is 40.9 Å². The Balaban J connectivity index is 1.85. The van der Waals surface area contributed by atoms with Gasteiger partial charge >= 0.3 is 0 Å². The molecule has 1 aromatic rings. The fraction of sp³-hybridized carbons (Fsp3) is 0.609. The quantitative estimate of drug-likeness (QED) is 0.680. The van der Waals surface area contributed by atoms with Gasteiger partial charge in [0.1, 0.15) is 17.9 Å². The lowest BCUT2D eigenvalue weighted by atomic mass is 9.98. The summed E-state index contributed by atoms with van der Waals surface area (Å²) in [6.07, 6.45) is 2.88. The summed E-state index contributed by atoms with van der Waals surface area (Å²) in [6, 6.07) is 7.12. The molecule has 0 saturated carbocycles. The summed E-state index contributed by atoms with van der Waals surface area (Å²) >= 11 is 0.